The number of hydrogen-bond acceptors (Lipinski definition) is 3. The van der Waals surface area contributed by atoms with E-state index in [-0.39, 0.29) is 0 Å². The topological polar surface area (TPSA) is 73.1 Å². The first kappa shape index (κ1) is 15.1. The maximum absolute atomic E-state index is 10.8. The average molecular weight is 345 g/mol. The normalized spacial score (nSPS) is 9.90. The predicted octanol–water partition coefficient (Wildman–Crippen LogP) is 3.67. The molecule has 2 aromatic carbocycles. The molecule has 2 rings (SSSR count). The summed E-state index contributed by atoms with van der Waals surface area (Å²) in [6, 6.07) is 14.3. The van der Waals surface area contributed by atoms with Crippen LogP contribution in [0, 0.1) is 11.3 Å². The van der Waals surface area contributed by atoms with Crippen LogP contribution in [0.4, 0.5) is 5.69 Å². The second-order valence-electron chi connectivity index (χ2n) is 4.49. The van der Waals surface area contributed by atoms with Crippen LogP contribution in [0.15, 0.2) is 46.9 Å². The van der Waals surface area contributed by atoms with Gasteiger partial charge < -0.3 is 10.4 Å². The summed E-state index contributed by atoms with van der Waals surface area (Å²) in [5.74, 6) is -0.916. The Hall–Kier alpha value is -2.32. The molecule has 0 amide bonds. The zero-order valence-electron chi connectivity index (χ0n) is 11.1. The van der Waals surface area contributed by atoms with E-state index in [0.29, 0.717) is 11.1 Å². The number of nitriles is 1. The molecule has 2 N–H and O–H groups in total. The SMILES string of the molecule is N#Cc1ccc(NCCc2ccc(C(=O)O)cc2)c(Br)c1. The monoisotopic (exact) mass is 344 g/mol. The Morgan fingerprint density at radius 1 is 1.24 bits per heavy atom. The van der Waals surface area contributed by atoms with E-state index < -0.39 is 5.97 Å². The minimum Gasteiger partial charge on any atom is -0.478 e. The van der Waals surface area contributed by atoms with Crippen LogP contribution in [0.25, 0.3) is 0 Å². The summed E-state index contributed by atoms with van der Waals surface area (Å²) < 4.78 is 0.850. The highest BCUT2D eigenvalue weighted by Gasteiger charge is 2.03. The van der Waals surface area contributed by atoms with Crippen LogP contribution in [0.3, 0.4) is 0 Å². The smallest absolute Gasteiger partial charge is 0.335 e. The summed E-state index contributed by atoms with van der Waals surface area (Å²) >= 11 is 3.42. The van der Waals surface area contributed by atoms with Crippen molar-refractivity contribution in [2.24, 2.45) is 0 Å². The second kappa shape index (κ2) is 6.91. The van der Waals surface area contributed by atoms with Gasteiger partial charge in [-0.1, -0.05) is 12.1 Å². The number of nitrogens with one attached hydrogen (secondary N) is 1. The number of benzene rings is 2. The number of hydrogen-bond donors (Lipinski definition) is 2. The molecule has 0 saturated carbocycles. The van der Waals surface area contributed by atoms with Gasteiger partial charge in [-0.2, -0.15) is 5.26 Å². The Morgan fingerprint density at radius 3 is 2.52 bits per heavy atom. The lowest BCUT2D eigenvalue weighted by Crippen LogP contribution is -2.06. The molecule has 0 radical (unpaired) electrons. The maximum Gasteiger partial charge on any atom is 0.335 e. The summed E-state index contributed by atoms with van der Waals surface area (Å²) in [6.07, 6.45) is 0.784. The summed E-state index contributed by atoms with van der Waals surface area (Å²) in [5.41, 5.74) is 2.90. The van der Waals surface area contributed by atoms with Gasteiger partial charge in [0.25, 0.3) is 0 Å². The highest BCUT2D eigenvalue weighted by molar-refractivity contribution is 9.10. The van der Waals surface area contributed by atoms with Gasteiger partial charge in [0.15, 0.2) is 0 Å². The molecule has 0 spiro atoms. The Bertz CT molecular complexity index is 690. The average Bonchev–Trinajstić information content (AvgIpc) is 2.49. The minimum absolute atomic E-state index is 0.293. The Labute approximate surface area is 131 Å². The molecule has 21 heavy (non-hydrogen) atoms. The van der Waals surface area contributed by atoms with Gasteiger partial charge in [-0.3, -0.25) is 0 Å². The first-order valence-electron chi connectivity index (χ1n) is 6.36. The van der Waals surface area contributed by atoms with Crippen LogP contribution < -0.4 is 5.32 Å². The van der Waals surface area contributed by atoms with E-state index >= 15 is 0 Å². The van der Waals surface area contributed by atoms with Crippen molar-refractivity contribution in [3.05, 3.63) is 63.6 Å². The fourth-order valence-electron chi connectivity index (χ4n) is 1.88. The Morgan fingerprint density at radius 2 is 1.95 bits per heavy atom. The van der Waals surface area contributed by atoms with Gasteiger partial charge in [-0.05, 0) is 58.2 Å². The third-order valence-corrected chi connectivity index (χ3v) is 3.68. The standard InChI is InChI=1S/C16H13BrN2O2/c17-14-9-12(10-18)3-6-15(14)19-8-7-11-1-4-13(5-2-11)16(20)21/h1-6,9,19H,7-8H2,(H,20,21). The molecule has 4 nitrogen and oxygen atoms in total. The number of aromatic carboxylic acids is 1. The van der Waals surface area contributed by atoms with Gasteiger partial charge in [-0.25, -0.2) is 4.79 Å². The third-order valence-electron chi connectivity index (χ3n) is 3.03. The highest BCUT2D eigenvalue weighted by Crippen LogP contribution is 2.23. The van der Waals surface area contributed by atoms with Gasteiger partial charge >= 0.3 is 5.97 Å². The summed E-state index contributed by atoms with van der Waals surface area (Å²) in [7, 11) is 0. The van der Waals surface area contributed by atoms with Crippen LogP contribution in [0.1, 0.15) is 21.5 Å². The van der Waals surface area contributed by atoms with Gasteiger partial charge in [0.1, 0.15) is 0 Å². The van der Waals surface area contributed by atoms with E-state index in [1.165, 1.54) is 0 Å². The van der Waals surface area contributed by atoms with Gasteiger partial charge in [-0.15, -0.1) is 0 Å². The van der Waals surface area contributed by atoms with E-state index in [4.69, 9.17) is 10.4 Å². The van der Waals surface area contributed by atoms with E-state index in [1.54, 1.807) is 24.3 Å². The highest BCUT2D eigenvalue weighted by atomic mass is 79.9. The van der Waals surface area contributed by atoms with Gasteiger partial charge in [0.05, 0.1) is 17.2 Å². The molecule has 0 saturated heterocycles. The molecule has 0 aliphatic rings. The first-order chi connectivity index (χ1) is 10.1. The van der Waals surface area contributed by atoms with Crippen molar-refractivity contribution in [3.63, 3.8) is 0 Å². The summed E-state index contributed by atoms with van der Waals surface area (Å²) in [5, 5.41) is 20.9. The number of carboxylic acids is 1. The Kier molecular flexibility index (Phi) is 4.96. The minimum atomic E-state index is -0.916. The molecule has 2 aromatic rings. The molecule has 0 aromatic heterocycles. The van der Waals surface area contributed by atoms with Crippen LogP contribution in [0.2, 0.25) is 0 Å². The van der Waals surface area contributed by atoms with Crippen molar-refractivity contribution in [1.82, 2.24) is 0 Å². The first-order valence-corrected chi connectivity index (χ1v) is 7.15. The fourth-order valence-corrected chi connectivity index (χ4v) is 2.40. The third kappa shape index (κ3) is 4.07. The fraction of sp³-hybridized carbons (Fsp3) is 0.125. The van der Waals surface area contributed by atoms with E-state index in [1.807, 2.05) is 18.2 Å². The zero-order chi connectivity index (χ0) is 15.2. The molecule has 5 heteroatoms. The van der Waals surface area contributed by atoms with Crippen molar-refractivity contribution in [1.29, 1.82) is 5.26 Å². The molecule has 0 bridgehead atoms. The molecular weight excluding hydrogens is 332 g/mol. The largest absolute Gasteiger partial charge is 0.478 e. The van der Waals surface area contributed by atoms with Crippen LogP contribution in [-0.2, 0) is 6.42 Å². The van der Waals surface area contributed by atoms with E-state index in [0.717, 1.165) is 28.7 Å². The van der Waals surface area contributed by atoms with Crippen LogP contribution >= 0.6 is 15.9 Å². The molecule has 106 valence electrons. The van der Waals surface area contributed by atoms with Crippen LogP contribution in [-0.4, -0.2) is 17.6 Å². The quantitative estimate of drug-likeness (QED) is 0.867. The van der Waals surface area contributed by atoms with E-state index in [9.17, 15) is 4.79 Å². The molecular formula is C16H13BrN2O2. The number of anilines is 1. The number of rotatable bonds is 5. The van der Waals surface area contributed by atoms with Gasteiger partial charge in [0, 0.05) is 16.7 Å². The predicted molar refractivity (Wildman–Crippen MR) is 84.5 cm³/mol. The van der Waals surface area contributed by atoms with Crippen molar-refractivity contribution in [2.45, 2.75) is 6.42 Å². The van der Waals surface area contributed by atoms with E-state index in [2.05, 4.69) is 27.3 Å². The number of carbonyl (C=O) groups is 1. The molecule has 0 fully saturated rings. The Balaban J connectivity index is 1.92. The summed E-state index contributed by atoms with van der Waals surface area (Å²) in [4.78, 5) is 10.8. The molecule has 0 atom stereocenters. The zero-order valence-corrected chi connectivity index (χ0v) is 12.7. The van der Waals surface area contributed by atoms with Crippen molar-refractivity contribution >= 4 is 27.6 Å². The molecule has 0 aliphatic heterocycles. The lowest BCUT2D eigenvalue weighted by molar-refractivity contribution is 0.0697. The lowest BCUT2D eigenvalue weighted by atomic mass is 10.1. The number of carboxylic acid groups (broad SMARTS) is 1. The lowest BCUT2D eigenvalue weighted by Gasteiger charge is -2.09. The second-order valence-corrected chi connectivity index (χ2v) is 5.34. The summed E-state index contributed by atoms with van der Waals surface area (Å²) in [6.45, 7) is 0.719. The molecule has 0 heterocycles. The maximum atomic E-state index is 10.8. The van der Waals surface area contributed by atoms with Crippen molar-refractivity contribution in [3.8, 4) is 6.07 Å². The van der Waals surface area contributed by atoms with Crippen LogP contribution in [0.5, 0.6) is 0 Å². The number of halogens is 1. The van der Waals surface area contributed by atoms with Crippen molar-refractivity contribution < 1.29 is 9.90 Å². The van der Waals surface area contributed by atoms with Crippen molar-refractivity contribution in [2.75, 3.05) is 11.9 Å². The number of nitrogens with zero attached hydrogens (tertiary/aromatic N) is 1. The molecule has 0 aliphatic carbocycles. The molecule has 0 unspecified atom stereocenters. The van der Waals surface area contributed by atoms with Gasteiger partial charge in [0.2, 0.25) is 0 Å².